The van der Waals surface area contributed by atoms with Crippen molar-refractivity contribution in [1.82, 2.24) is 19.7 Å². The van der Waals surface area contributed by atoms with Crippen LogP contribution in [0, 0.1) is 25.5 Å². The molecule has 4 rings (SSSR count). The number of thiazole rings is 1. The first-order valence-corrected chi connectivity index (χ1v) is 11.1. The number of nitrogens with zero attached hydrogens (tertiary/aromatic N) is 4. The maximum absolute atomic E-state index is 13.9. The lowest BCUT2D eigenvalue weighted by atomic mass is 10.1. The monoisotopic (exact) mass is 457 g/mol. The smallest absolute Gasteiger partial charge is 0.236 e. The van der Waals surface area contributed by atoms with Crippen molar-refractivity contribution in [2.45, 2.75) is 19.0 Å². The Bertz CT molecular complexity index is 1240. The van der Waals surface area contributed by atoms with Crippen molar-refractivity contribution in [3.05, 3.63) is 70.9 Å². The highest BCUT2D eigenvalue weighted by molar-refractivity contribution is 7.99. The van der Waals surface area contributed by atoms with E-state index in [1.54, 1.807) is 5.38 Å². The van der Waals surface area contributed by atoms with Crippen LogP contribution >= 0.6 is 23.1 Å². The van der Waals surface area contributed by atoms with Crippen molar-refractivity contribution >= 4 is 34.1 Å². The van der Waals surface area contributed by atoms with E-state index in [-0.39, 0.29) is 22.9 Å². The minimum atomic E-state index is -0.578. The Morgan fingerprint density at radius 2 is 1.90 bits per heavy atom. The third-order valence-electron chi connectivity index (χ3n) is 4.37. The van der Waals surface area contributed by atoms with Crippen molar-refractivity contribution in [2.24, 2.45) is 0 Å². The minimum absolute atomic E-state index is 0.0489. The Labute approximate surface area is 185 Å². The van der Waals surface area contributed by atoms with E-state index < -0.39 is 11.6 Å². The number of aryl methyl sites for hydroxylation is 2. The molecule has 1 N–H and O–H groups in total. The van der Waals surface area contributed by atoms with E-state index in [1.807, 2.05) is 42.7 Å². The Kier molecular flexibility index (Phi) is 6.10. The maximum Gasteiger partial charge on any atom is 0.236 e. The zero-order chi connectivity index (χ0) is 22.0. The Morgan fingerprint density at radius 1 is 1.13 bits per heavy atom. The zero-order valence-electron chi connectivity index (χ0n) is 16.6. The minimum Gasteiger partial charge on any atom is -0.301 e. The fourth-order valence-electron chi connectivity index (χ4n) is 2.86. The number of amides is 1. The van der Waals surface area contributed by atoms with Gasteiger partial charge in [-0.05, 0) is 44.2 Å². The average molecular weight is 458 g/mol. The van der Waals surface area contributed by atoms with E-state index in [0.29, 0.717) is 16.1 Å². The second-order valence-corrected chi connectivity index (χ2v) is 8.50. The van der Waals surface area contributed by atoms with Gasteiger partial charge in [-0.25, -0.2) is 13.8 Å². The van der Waals surface area contributed by atoms with Gasteiger partial charge in [0, 0.05) is 16.6 Å². The molecule has 10 heteroatoms. The second kappa shape index (κ2) is 8.94. The molecule has 0 fully saturated rings. The summed E-state index contributed by atoms with van der Waals surface area (Å²) in [7, 11) is 0. The Hall–Kier alpha value is -3.11. The molecule has 2 heterocycles. The van der Waals surface area contributed by atoms with Crippen molar-refractivity contribution < 1.29 is 13.6 Å². The maximum atomic E-state index is 13.9. The summed E-state index contributed by atoms with van der Waals surface area (Å²) in [4.78, 5) is 16.6. The van der Waals surface area contributed by atoms with E-state index >= 15 is 0 Å². The molecule has 0 radical (unpaired) electrons. The molecule has 0 spiro atoms. The average Bonchev–Trinajstić information content (AvgIpc) is 3.35. The quantitative estimate of drug-likeness (QED) is 0.412. The lowest BCUT2D eigenvalue weighted by Gasteiger charge is -2.08. The number of hydrogen-bond acceptors (Lipinski definition) is 6. The molecule has 0 saturated carbocycles. The number of nitrogens with one attached hydrogen (secondary N) is 1. The molecular formula is C21H17F2N5OS2. The molecule has 0 unspecified atom stereocenters. The summed E-state index contributed by atoms with van der Waals surface area (Å²) in [6, 6.07) is 11.1. The van der Waals surface area contributed by atoms with Crippen LogP contribution in [0.15, 0.2) is 53.0 Å². The molecule has 0 aliphatic heterocycles. The number of anilines is 1. The lowest BCUT2D eigenvalue weighted by Crippen LogP contribution is -2.14. The number of thioether (sulfide) groups is 1. The third kappa shape index (κ3) is 4.80. The SMILES string of the molecule is Cc1ccc(-n2c(C)nnc2SCC(=O)Nc2nc(-c3cc(F)ccc3F)cs2)cc1. The molecule has 31 heavy (non-hydrogen) atoms. The first-order chi connectivity index (χ1) is 14.9. The Morgan fingerprint density at radius 3 is 2.68 bits per heavy atom. The van der Waals surface area contributed by atoms with Gasteiger partial charge in [0.2, 0.25) is 5.91 Å². The summed E-state index contributed by atoms with van der Waals surface area (Å²) >= 11 is 2.39. The van der Waals surface area contributed by atoms with Gasteiger partial charge in [-0.1, -0.05) is 29.5 Å². The first kappa shape index (κ1) is 21.1. The number of carbonyl (C=O) groups is 1. The molecule has 0 atom stereocenters. The van der Waals surface area contributed by atoms with E-state index in [4.69, 9.17) is 0 Å². The summed E-state index contributed by atoms with van der Waals surface area (Å²) in [6.45, 7) is 3.86. The van der Waals surface area contributed by atoms with Gasteiger partial charge in [-0.15, -0.1) is 21.5 Å². The highest BCUT2D eigenvalue weighted by Gasteiger charge is 2.15. The van der Waals surface area contributed by atoms with Crippen LogP contribution in [-0.4, -0.2) is 31.4 Å². The summed E-state index contributed by atoms with van der Waals surface area (Å²) < 4.78 is 29.2. The summed E-state index contributed by atoms with van der Waals surface area (Å²) in [5, 5.41) is 13.4. The number of halogens is 2. The first-order valence-electron chi connectivity index (χ1n) is 9.23. The standard InChI is InChI=1S/C21H17F2N5OS2/c1-12-3-6-15(7-4-12)28-13(2)26-27-21(28)31-11-19(29)25-20-24-18(10-30-20)16-9-14(22)5-8-17(16)23/h3-10H,11H2,1-2H3,(H,24,25,29). The van der Waals surface area contributed by atoms with Crippen molar-refractivity contribution in [1.29, 1.82) is 0 Å². The number of benzene rings is 2. The fraction of sp³-hybridized carbons (Fsp3) is 0.143. The van der Waals surface area contributed by atoms with Gasteiger partial charge in [-0.2, -0.15) is 0 Å². The Balaban J connectivity index is 1.42. The molecular weight excluding hydrogens is 440 g/mol. The van der Waals surface area contributed by atoms with Crippen LogP contribution in [0.2, 0.25) is 0 Å². The normalized spacial score (nSPS) is 11.0. The highest BCUT2D eigenvalue weighted by Crippen LogP contribution is 2.28. The predicted octanol–water partition coefficient (Wildman–Crippen LogP) is 5.02. The van der Waals surface area contributed by atoms with E-state index in [0.717, 1.165) is 40.8 Å². The van der Waals surface area contributed by atoms with Gasteiger partial charge in [0.1, 0.15) is 17.5 Å². The number of hydrogen-bond donors (Lipinski definition) is 1. The van der Waals surface area contributed by atoms with Crippen LogP contribution in [0.3, 0.4) is 0 Å². The largest absolute Gasteiger partial charge is 0.301 e. The van der Waals surface area contributed by atoms with Crippen molar-refractivity contribution in [2.75, 3.05) is 11.1 Å². The summed E-state index contributed by atoms with van der Waals surface area (Å²) in [5.41, 5.74) is 2.37. The van der Waals surface area contributed by atoms with Gasteiger partial charge in [0.15, 0.2) is 10.3 Å². The number of aromatic nitrogens is 4. The molecule has 6 nitrogen and oxygen atoms in total. The van der Waals surface area contributed by atoms with Gasteiger partial charge >= 0.3 is 0 Å². The van der Waals surface area contributed by atoms with Crippen molar-refractivity contribution in [3.63, 3.8) is 0 Å². The van der Waals surface area contributed by atoms with E-state index in [2.05, 4.69) is 20.5 Å². The lowest BCUT2D eigenvalue weighted by molar-refractivity contribution is -0.113. The van der Waals surface area contributed by atoms with Crippen LogP contribution in [0.4, 0.5) is 13.9 Å². The molecule has 0 bridgehead atoms. The molecule has 4 aromatic rings. The van der Waals surface area contributed by atoms with Crippen LogP contribution in [0.25, 0.3) is 16.9 Å². The van der Waals surface area contributed by atoms with E-state index in [9.17, 15) is 13.6 Å². The molecule has 2 aromatic carbocycles. The van der Waals surface area contributed by atoms with Gasteiger partial charge in [-0.3, -0.25) is 9.36 Å². The summed E-state index contributed by atoms with van der Waals surface area (Å²) in [6.07, 6.45) is 0. The third-order valence-corrected chi connectivity index (χ3v) is 6.06. The van der Waals surface area contributed by atoms with E-state index in [1.165, 1.54) is 11.8 Å². The molecule has 0 aliphatic carbocycles. The zero-order valence-corrected chi connectivity index (χ0v) is 18.2. The van der Waals surface area contributed by atoms with Crippen LogP contribution in [0.5, 0.6) is 0 Å². The highest BCUT2D eigenvalue weighted by atomic mass is 32.2. The second-order valence-electron chi connectivity index (χ2n) is 6.70. The molecule has 1 amide bonds. The fourth-order valence-corrected chi connectivity index (χ4v) is 4.39. The molecule has 0 aliphatic rings. The molecule has 158 valence electrons. The molecule has 0 saturated heterocycles. The van der Waals surface area contributed by atoms with Gasteiger partial charge < -0.3 is 5.32 Å². The van der Waals surface area contributed by atoms with Crippen molar-refractivity contribution in [3.8, 4) is 16.9 Å². The summed E-state index contributed by atoms with van der Waals surface area (Å²) in [5.74, 6) is -0.617. The van der Waals surface area contributed by atoms with Crippen LogP contribution < -0.4 is 5.32 Å². The topological polar surface area (TPSA) is 72.7 Å². The number of rotatable bonds is 6. The van der Waals surface area contributed by atoms with Crippen LogP contribution in [0.1, 0.15) is 11.4 Å². The van der Waals surface area contributed by atoms with Gasteiger partial charge in [0.25, 0.3) is 0 Å². The predicted molar refractivity (Wildman–Crippen MR) is 118 cm³/mol. The van der Waals surface area contributed by atoms with Gasteiger partial charge in [0.05, 0.1) is 11.4 Å². The molecule has 2 aromatic heterocycles. The van der Waals surface area contributed by atoms with Crippen LogP contribution in [-0.2, 0) is 4.79 Å². The number of carbonyl (C=O) groups excluding carboxylic acids is 1.